The SMILES string of the molecule is O=C(NCC(O)c1cc(Cl)cc(Cl)c1)c1ccc[n+]([O-])c1. The van der Waals surface area contributed by atoms with Gasteiger partial charge in [0.1, 0.15) is 5.56 Å². The number of aliphatic hydroxyl groups excluding tert-OH is 1. The highest BCUT2D eigenvalue weighted by Crippen LogP contribution is 2.23. The molecule has 0 aliphatic heterocycles. The topological polar surface area (TPSA) is 76.3 Å². The first-order valence-corrected chi connectivity index (χ1v) is 6.82. The molecular formula is C14H12Cl2N2O3. The number of amides is 1. The Balaban J connectivity index is 2.00. The molecule has 110 valence electrons. The molecule has 0 saturated carbocycles. The zero-order valence-electron chi connectivity index (χ0n) is 10.8. The molecule has 1 amide bonds. The van der Waals surface area contributed by atoms with Gasteiger partial charge in [0, 0.05) is 22.7 Å². The molecule has 0 aliphatic carbocycles. The molecule has 0 bridgehead atoms. The van der Waals surface area contributed by atoms with Crippen LogP contribution in [-0.2, 0) is 0 Å². The molecule has 5 nitrogen and oxygen atoms in total. The van der Waals surface area contributed by atoms with Gasteiger partial charge in [-0.05, 0) is 29.8 Å². The second kappa shape index (κ2) is 6.76. The van der Waals surface area contributed by atoms with Gasteiger partial charge in [-0.25, -0.2) is 0 Å². The minimum atomic E-state index is -0.951. The van der Waals surface area contributed by atoms with E-state index < -0.39 is 12.0 Å². The number of hydrogen-bond donors (Lipinski definition) is 2. The van der Waals surface area contributed by atoms with Crippen LogP contribution in [0.3, 0.4) is 0 Å². The first-order valence-electron chi connectivity index (χ1n) is 6.07. The van der Waals surface area contributed by atoms with E-state index in [-0.39, 0.29) is 12.1 Å². The highest BCUT2D eigenvalue weighted by atomic mass is 35.5. The summed E-state index contributed by atoms with van der Waals surface area (Å²) in [6, 6.07) is 7.66. The molecule has 0 saturated heterocycles. The molecule has 1 unspecified atom stereocenters. The monoisotopic (exact) mass is 326 g/mol. The standard InChI is InChI=1S/C14H12Cl2N2O3/c15-11-4-10(5-12(16)6-11)13(19)7-17-14(20)9-2-1-3-18(21)8-9/h1-6,8,13,19H,7H2,(H,17,20). The second-order valence-electron chi connectivity index (χ2n) is 4.38. The maximum absolute atomic E-state index is 11.8. The number of halogens is 2. The van der Waals surface area contributed by atoms with Crippen LogP contribution in [0.2, 0.25) is 10.0 Å². The van der Waals surface area contributed by atoms with E-state index in [1.807, 2.05) is 0 Å². The second-order valence-corrected chi connectivity index (χ2v) is 5.25. The maximum atomic E-state index is 11.8. The minimum absolute atomic E-state index is 0.0245. The number of benzene rings is 1. The van der Waals surface area contributed by atoms with Crippen molar-refractivity contribution >= 4 is 29.1 Å². The number of carbonyl (C=O) groups is 1. The number of nitrogens with one attached hydrogen (secondary N) is 1. The molecule has 0 spiro atoms. The predicted molar refractivity (Wildman–Crippen MR) is 79.2 cm³/mol. The van der Waals surface area contributed by atoms with Crippen molar-refractivity contribution in [3.63, 3.8) is 0 Å². The number of carbonyl (C=O) groups excluding carboxylic acids is 1. The van der Waals surface area contributed by atoms with Crippen LogP contribution in [0.5, 0.6) is 0 Å². The quantitative estimate of drug-likeness (QED) is 0.667. The molecule has 0 fully saturated rings. The van der Waals surface area contributed by atoms with Crippen LogP contribution >= 0.6 is 23.2 Å². The van der Waals surface area contributed by atoms with Gasteiger partial charge in [0.2, 0.25) is 0 Å². The minimum Gasteiger partial charge on any atom is -0.619 e. The summed E-state index contributed by atoms with van der Waals surface area (Å²) in [5.41, 5.74) is 0.712. The molecule has 0 aliphatic rings. The van der Waals surface area contributed by atoms with E-state index >= 15 is 0 Å². The molecule has 2 aromatic rings. The molecule has 1 atom stereocenters. The van der Waals surface area contributed by atoms with Gasteiger partial charge in [-0.3, -0.25) is 4.79 Å². The smallest absolute Gasteiger partial charge is 0.257 e. The third-order valence-corrected chi connectivity index (χ3v) is 3.20. The molecule has 1 aromatic heterocycles. The Morgan fingerprint density at radius 3 is 2.62 bits per heavy atom. The van der Waals surface area contributed by atoms with Gasteiger partial charge in [-0.15, -0.1) is 0 Å². The van der Waals surface area contributed by atoms with Crippen LogP contribution in [0, 0.1) is 5.21 Å². The van der Waals surface area contributed by atoms with Crippen molar-refractivity contribution in [1.82, 2.24) is 5.32 Å². The normalized spacial score (nSPS) is 12.0. The zero-order chi connectivity index (χ0) is 15.4. The fourth-order valence-electron chi connectivity index (χ4n) is 1.77. The summed E-state index contributed by atoms with van der Waals surface area (Å²) in [4.78, 5) is 11.8. The van der Waals surface area contributed by atoms with Crippen molar-refractivity contribution in [2.24, 2.45) is 0 Å². The van der Waals surface area contributed by atoms with E-state index in [1.165, 1.54) is 18.3 Å². The van der Waals surface area contributed by atoms with Crippen LogP contribution < -0.4 is 10.0 Å². The van der Waals surface area contributed by atoms with E-state index in [4.69, 9.17) is 23.2 Å². The molecule has 21 heavy (non-hydrogen) atoms. The summed E-state index contributed by atoms with van der Waals surface area (Å²) < 4.78 is 0.530. The van der Waals surface area contributed by atoms with Crippen LogP contribution in [0.25, 0.3) is 0 Å². The Morgan fingerprint density at radius 1 is 1.33 bits per heavy atom. The Hall–Kier alpha value is -1.82. The third-order valence-electron chi connectivity index (χ3n) is 2.76. The van der Waals surface area contributed by atoms with Gasteiger partial charge in [0.15, 0.2) is 12.4 Å². The van der Waals surface area contributed by atoms with Gasteiger partial charge in [-0.1, -0.05) is 23.2 Å². The van der Waals surface area contributed by atoms with Gasteiger partial charge >= 0.3 is 0 Å². The Bertz CT molecular complexity index is 644. The summed E-state index contributed by atoms with van der Waals surface area (Å²) in [5, 5.41) is 24.4. The van der Waals surface area contributed by atoms with Crippen molar-refractivity contribution in [3.05, 3.63) is 69.1 Å². The fraction of sp³-hybridized carbons (Fsp3) is 0.143. The number of hydrogen-bond acceptors (Lipinski definition) is 3. The van der Waals surface area contributed by atoms with Crippen LogP contribution in [0.4, 0.5) is 0 Å². The summed E-state index contributed by atoms with van der Waals surface area (Å²) >= 11 is 11.7. The van der Waals surface area contributed by atoms with Crippen LogP contribution in [-0.4, -0.2) is 17.6 Å². The average molecular weight is 327 g/mol. The summed E-state index contributed by atoms with van der Waals surface area (Å²) in [5.74, 6) is -0.452. The van der Waals surface area contributed by atoms with Gasteiger partial charge in [0.05, 0.1) is 6.10 Å². The molecule has 2 N–H and O–H groups in total. The molecule has 7 heteroatoms. The lowest BCUT2D eigenvalue weighted by Crippen LogP contribution is -2.32. The summed E-state index contributed by atoms with van der Waals surface area (Å²) in [6.07, 6.45) is 1.48. The van der Waals surface area contributed by atoms with Crippen molar-refractivity contribution in [3.8, 4) is 0 Å². The van der Waals surface area contributed by atoms with Crippen molar-refractivity contribution < 1.29 is 14.6 Å². The predicted octanol–water partition coefficient (Wildman–Crippen LogP) is 2.09. The Labute approximate surface area is 131 Å². The zero-order valence-corrected chi connectivity index (χ0v) is 12.3. The maximum Gasteiger partial charge on any atom is 0.257 e. The molecule has 1 aromatic carbocycles. The largest absolute Gasteiger partial charge is 0.619 e. The third kappa shape index (κ3) is 4.32. The van der Waals surface area contributed by atoms with E-state index in [0.29, 0.717) is 20.3 Å². The summed E-state index contributed by atoms with van der Waals surface area (Å²) in [6.45, 7) is -0.0245. The van der Waals surface area contributed by atoms with Crippen LogP contribution in [0.1, 0.15) is 22.0 Å². The fourth-order valence-corrected chi connectivity index (χ4v) is 2.31. The van der Waals surface area contributed by atoms with E-state index in [0.717, 1.165) is 6.20 Å². The first-order chi connectivity index (χ1) is 9.95. The van der Waals surface area contributed by atoms with Crippen molar-refractivity contribution in [2.45, 2.75) is 6.10 Å². The highest BCUT2D eigenvalue weighted by Gasteiger charge is 2.13. The molecular weight excluding hydrogens is 315 g/mol. The number of aromatic nitrogens is 1. The molecule has 1 heterocycles. The lowest BCUT2D eigenvalue weighted by Gasteiger charge is -2.13. The Kier molecular flexibility index (Phi) is 5.01. The van der Waals surface area contributed by atoms with E-state index in [9.17, 15) is 15.1 Å². The molecule has 2 rings (SSSR count). The van der Waals surface area contributed by atoms with Gasteiger partial charge < -0.3 is 15.6 Å². The highest BCUT2D eigenvalue weighted by molar-refractivity contribution is 6.34. The lowest BCUT2D eigenvalue weighted by molar-refractivity contribution is -0.605. The number of aliphatic hydroxyl groups is 1. The van der Waals surface area contributed by atoms with Gasteiger partial charge in [0.25, 0.3) is 5.91 Å². The molecule has 0 radical (unpaired) electrons. The van der Waals surface area contributed by atoms with Gasteiger partial charge in [-0.2, -0.15) is 4.73 Å². The van der Waals surface area contributed by atoms with E-state index in [1.54, 1.807) is 18.2 Å². The van der Waals surface area contributed by atoms with E-state index in [2.05, 4.69) is 5.32 Å². The Morgan fingerprint density at radius 2 is 2.00 bits per heavy atom. The van der Waals surface area contributed by atoms with Crippen molar-refractivity contribution in [1.29, 1.82) is 0 Å². The van der Waals surface area contributed by atoms with Crippen molar-refractivity contribution in [2.75, 3.05) is 6.54 Å². The summed E-state index contributed by atoms with van der Waals surface area (Å²) in [7, 11) is 0. The number of rotatable bonds is 4. The lowest BCUT2D eigenvalue weighted by atomic mass is 10.1. The average Bonchev–Trinajstić information content (AvgIpc) is 2.43. The first kappa shape index (κ1) is 15.6. The van der Waals surface area contributed by atoms with Crippen LogP contribution in [0.15, 0.2) is 42.7 Å². The number of nitrogens with zero attached hydrogens (tertiary/aromatic N) is 1. The number of pyridine rings is 1.